The highest BCUT2D eigenvalue weighted by Crippen LogP contribution is 2.37. The zero-order valence-corrected chi connectivity index (χ0v) is 21.3. The van der Waals surface area contributed by atoms with E-state index in [2.05, 4.69) is 35.8 Å². The van der Waals surface area contributed by atoms with E-state index < -0.39 is 13.9 Å². The van der Waals surface area contributed by atoms with E-state index in [1.165, 1.54) is 44.9 Å². The number of hydrogen-bond donors (Lipinski definition) is 2. The van der Waals surface area contributed by atoms with Crippen LogP contribution in [0.5, 0.6) is 0 Å². The molecule has 8 heteroatoms. The Kier molecular flexibility index (Phi) is 14.9. The molecule has 0 fully saturated rings. The van der Waals surface area contributed by atoms with Gasteiger partial charge in [-0.2, -0.15) is 0 Å². The summed E-state index contributed by atoms with van der Waals surface area (Å²) >= 11 is 0. The molecule has 0 radical (unpaired) electrons. The van der Waals surface area contributed by atoms with Crippen molar-refractivity contribution in [3.63, 3.8) is 0 Å². The topological polar surface area (TPSA) is 94.5 Å². The molecule has 4 unspecified atom stereocenters. The van der Waals surface area contributed by atoms with Gasteiger partial charge in [-0.15, -0.1) is 0 Å². The molecule has 0 amide bonds. The second kappa shape index (κ2) is 16.2. The summed E-state index contributed by atoms with van der Waals surface area (Å²) in [5, 5.41) is 0. The van der Waals surface area contributed by atoms with Crippen LogP contribution in [0.2, 0.25) is 0 Å². The second-order valence-corrected chi connectivity index (χ2v) is 10.1. The molecule has 1 rings (SSSR count). The number of rotatable bonds is 19. The van der Waals surface area contributed by atoms with Crippen LogP contribution in [-0.2, 0) is 23.3 Å². The summed E-state index contributed by atoms with van der Waals surface area (Å²) in [5.74, 6) is 0. The van der Waals surface area contributed by atoms with E-state index in [9.17, 15) is 4.57 Å². The van der Waals surface area contributed by atoms with Crippen molar-refractivity contribution in [2.75, 3.05) is 19.8 Å². The lowest BCUT2D eigenvalue weighted by molar-refractivity contribution is -0.0963. The fourth-order valence-corrected chi connectivity index (χ4v) is 4.16. The lowest BCUT2D eigenvalue weighted by atomic mass is 9.89. The van der Waals surface area contributed by atoms with E-state index >= 15 is 0 Å². The molecule has 0 aromatic heterocycles. The first-order chi connectivity index (χ1) is 15.2. The van der Waals surface area contributed by atoms with Crippen LogP contribution in [0.1, 0.15) is 85.5 Å². The maximum atomic E-state index is 10.8. The standard InChI is InChI=1S/C24H45O7P/c1-5-6-7-8-9-10-12-15-24(16-13-11-14-17-24)30-20-22(3)28-18-21(2)29-19-23(4)31-32(25,26)27/h11,13-14,16,21-23H,5-10,12,15,17-20H2,1-4H3,(H2,25,26,27). The van der Waals surface area contributed by atoms with Crippen LogP contribution in [-0.4, -0.2) is 53.5 Å². The number of hydrogen-bond acceptors (Lipinski definition) is 5. The van der Waals surface area contributed by atoms with Crippen LogP contribution < -0.4 is 0 Å². The van der Waals surface area contributed by atoms with Crippen LogP contribution >= 0.6 is 7.82 Å². The molecule has 0 saturated carbocycles. The Balaban J connectivity index is 2.29. The normalized spacial score (nSPS) is 21.6. The maximum Gasteiger partial charge on any atom is 0.469 e. The fourth-order valence-electron chi connectivity index (χ4n) is 3.63. The lowest BCUT2D eigenvalue weighted by Gasteiger charge is -2.33. The zero-order valence-electron chi connectivity index (χ0n) is 20.4. The Bertz CT molecular complexity index is 589. The van der Waals surface area contributed by atoms with Crippen molar-refractivity contribution >= 4 is 7.82 Å². The molecule has 4 atom stereocenters. The van der Waals surface area contributed by atoms with Crippen molar-refractivity contribution in [3.8, 4) is 0 Å². The summed E-state index contributed by atoms with van der Waals surface area (Å²) < 4.78 is 33.2. The van der Waals surface area contributed by atoms with E-state index in [0.717, 1.165) is 12.8 Å². The number of allylic oxidation sites excluding steroid dienone is 2. The highest BCUT2D eigenvalue weighted by Gasteiger charge is 2.28. The molecular weight excluding hydrogens is 431 g/mol. The van der Waals surface area contributed by atoms with Gasteiger partial charge in [0.2, 0.25) is 0 Å². The molecule has 2 N–H and O–H groups in total. The minimum atomic E-state index is -4.50. The molecule has 1 aliphatic carbocycles. The van der Waals surface area contributed by atoms with Gasteiger partial charge in [-0.25, -0.2) is 4.57 Å². The molecule has 0 aromatic carbocycles. The van der Waals surface area contributed by atoms with Crippen LogP contribution in [0.3, 0.4) is 0 Å². The van der Waals surface area contributed by atoms with Crippen molar-refractivity contribution in [2.45, 2.75) is 109 Å². The summed E-state index contributed by atoms with van der Waals surface area (Å²) in [7, 11) is -4.50. The third-order valence-electron chi connectivity index (χ3n) is 5.47. The first-order valence-corrected chi connectivity index (χ1v) is 13.6. The fraction of sp³-hybridized carbons (Fsp3) is 0.833. The van der Waals surface area contributed by atoms with Crippen molar-refractivity contribution < 1.29 is 33.1 Å². The Labute approximate surface area is 194 Å². The van der Waals surface area contributed by atoms with Crippen molar-refractivity contribution in [3.05, 3.63) is 24.3 Å². The Hall–Kier alpha value is -0.530. The molecule has 7 nitrogen and oxygen atoms in total. The van der Waals surface area contributed by atoms with Gasteiger partial charge in [0, 0.05) is 0 Å². The van der Waals surface area contributed by atoms with Crippen molar-refractivity contribution in [1.29, 1.82) is 0 Å². The van der Waals surface area contributed by atoms with Crippen molar-refractivity contribution in [1.82, 2.24) is 0 Å². The Morgan fingerprint density at radius 2 is 1.47 bits per heavy atom. The van der Waals surface area contributed by atoms with E-state index in [4.69, 9.17) is 24.0 Å². The monoisotopic (exact) mass is 476 g/mol. The molecular formula is C24H45O7P. The van der Waals surface area contributed by atoms with Gasteiger partial charge in [-0.1, -0.05) is 76.2 Å². The number of unbranched alkanes of at least 4 members (excludes halogenated alkanes) is 6. The predicted octanol–water partition coefficient (Wildman–Crippen LogP) is 5.71. The Morgan fingerprint density at radius 1 is 0.875 bits per heavy atom. The molecule has 0 saturated heterocycles. The minimum absolute atomic E-state index is 0.0825. The van der Waals surface area contributed by atoms with Crippen LogP contribution in [0, 0.1) is 0 Å². The third-order valence-corrected chi connectivity index (χ3v) is 6.10. The molecule has 0 bridgehead atoms. The van der Waals surface area contributed by atoms with Crippen LogP contribution in [0.15, 0.2) is 24.3 Å². The van der Waals surface area contributed by atoms with Crippen LogP contribution in [0.25, 0.3) is 0 Å². The summed E-state index contributed by atoms with van der Waals surface area (Å²) in [6.07, 6.45) is 18.4. The maximum absolute atomic E-state index is 10.8. The average Bonchev–Trinajstić information content (AvgIpc) is 2.74. The van der Waals surface area contributed by atoms with E-state index in [-0.39, 0.29) is 24.4 Å². The van der Waals surface area contributed by atoms with Gasteiger partial charge in [-0.3, -0.25) is 4.52 Å². The summed E-state index contributed by atoms with van der Waals surface area (Å²) in [4.78, 5) is 17.6. The highest BCUT2D eigenvalue weighted by molar-refractivity contribution is 7.46. The van der Waals surface area contributed by atoms with Gasteiger partial charge in [0.1, 0.15) is 0 Å². The third kappa shape index (κ3) is 14.6. The van der Waals surface area contributed by atoms with E-state index in [1.54, 1.807) is 6.92 Å². The zero-order chi connectivity index (χ0) is 23.9. The van der Waals surface area contributed by atoms with Crippen LogP contribution in [0.4, 0.5) is 0 Å². The molecule has 0 aliphatic heterocycles. The van der Waals surface area contributed by atoms with Gasteiger partial charge < -0.3 is 24.0 Å². The largest absolute Gasteiger partial charge is 0.469 e. The van der Waals surface area contributed by atoms with Gasteiger partial charge >= 0.3 is 7.82 Å². The molecule has 1 aliphatic rings. The molecule has 188 valence electrons. The van der Waals surface area contributed by atoms with Gasteiger partial charge in [0.05, 0.1) is 43.7 Å². The second-order valence-electron chi connectivity index (χ2n) is 8.93. The van der Waals surface area contributed by atoms with E-state index in [0.29, 0.717) is 13.2 Å². The first kappa shape index (κ1) is 29.5. The van der Waals surface area contributed by atoms with Gasteiger partial charge in [0.25, 0.3) is 0 Å². The summed E-state index contributed by atoms with van der Waals surface area (Å²) in [6.45, 7) is 8.59. The minimum Gasteiger partial charge on any atom is -0.373 e. The Morgan fingerprint density at radius 3 is 2.06 bits per heavy atom. The van der Waals surface area contributed by atoms with Gasteiger partial charge in [0.15, 0.2) is 0 Å². The summed E-state index contributed by atoms with van der Waals surface area (Å²) in [5.41, 5.74) is -0.243. The number of ether oxygens (including phenoxy) is 3. The molecule has 0 spiro atoms. The molecule has 0 aromatic rings. The number of phosphoric ester groups is 1. The van der Waals surface area contributed by atoms with Gasteiger partial charge in [-0.05, 0) is 33.6 Å². The quantitative estimate of drug-likeness (QED) is 0.182. The lowest BCUT2D eigenvalue weighted by Crippen LogP contribution is -2.35. The molecule has 0 heterocycles. The predicted molar refractivity (Wildman–Crippen MR) is 128 cm³/mol. The first-order valence-electron chi connectivity index (χ1n) is 12.1. The van der Waals surface area contributed by atoms with Crippen molar-refractivity contribution in [2.24, 2.45) is 0 Å². The molecule has 32 heavy (non-hydrogen) atoms. The van der Waals surface area contributed by atoms with E-state index in [1.807, 2.05) is 13.8 Å². The smallest absolute Gasteiger partial charge is 0.373 e. The summed E-state index contributed by atoms with van der Waals surface area (Å²) in [6, 6.07) is 0. The highest BCUT2D eigenvalue weighted by atomic mass is 31.2. The average molecular weight is 477 g/mol. The SMILES string of the molecule is CCCCCCCCCC1(OCC(C)OCC(C)OCC(C)OP(=O)(O)O)C=CC=CC1. The number of phosphoric acid groups is 1.